The molecule has 0 atom stereocenters. The number of anilines is 3. The van der Waals surface area contributed by atoms with E-state index in [1.54, 1.807) is 0 Å². The molecule has 0 heterocycles. The Morgan fingerprint density at radius 1 is 0.321 bits per heavy atom. The molecule has 0 N–H and O–H groups in total. The second-order valence-electron chi connectivity index (χ2n) is 15.4. The van der Waals surface area contributed by atoms with Gasteiger partial charge in [-0.25, -0.2) is 0 Å². The van der Waals surface area contributed by atoms with E-state index >= 15 is 0 Å². The van der Waals surface area contributed by atoms with Gasteiger partial charge in [0, 0.05) is 22.2 Å². The molecule has 0 spiro atoms. The van der Waals surface area contributed by atoms with Crippen LogP contribution in [-0.2, 0) is 5.41 Å². The smallest absolute Gasteiger partial charge is 0.0543 e. The van der Waals surface area contributed by atoms with Crippen LogP contribution < -0.4 is 4.90 Å². The van der Waals surface area contributed by atoms with Crippen molar-refractivity contribution in [2.75, 3.05) is 4.90 Å². The molecule has 0 unspecified atom stereocenters. The third-order valence-corrected chi connectivity index (χ3v) is 11.7. The van der Waals surface area contributed by atoms with Crippen molar-refractivity contribution in [3.63, 3.8) is 0 Å². The highest BCUT2D eigenvalue weighted by Crippen LogP contribution is 2.55. The van der Waals surface area contributed by atoms with E-state index in [0.29, 0.717) is 0 Å². The van der Waals surface area contributed by atoms with Gasteiger partial charge >= 0.3 is 0 Å². The van der Waals surface area contributed by atoms with E-state index in [1.807, 2.05) is 0 Å². The molecule has 0 amide bonds. The molecular formula is C55H41N. The summed E-state index contributed by atoms with van der Waals surface area (Å²) in [6.45, 7) is 4.79. The van der Waals surface area contributed by atoms with Gasteiger partial charge in [0.1, 0.15) is 0 Å². The second kappa shape index (κ2) is 13.7. The maximum absolute atomic E-state index is 2.47. The standard InChI is InChI=1S/C55H41N/c1-55(2)51-36-45(44-24-22-41(23-25-44)38-14-6-3-7-15-38)30-35-50(51)54-49-21-13-12-20-48(49)53(37-52(54)55)56(46-31-26-42(27-32-46)39-16-8-4-9-17-39)47-33-28-43(29-34-47)40-18-10-5-11-19-40/h3-37H,1-2H3. The van der Waals surface area contributed by atoms with Gasteiger partial charge in [0.25, 0.3) is 0 Å². The summed E-state index contributed by atoms with van der Waals surface area (Å²) in [7, 11) is 0. The predicted octanol–water partition coefficient (Wildman–Crippen LogP) is 15.3. The Kier molecular flexibility index (Phi) is 8.23. The van der Waals surface area contributed by atoms with Crippen LogP contribution in [0.1, 0.15) is 25.0 Å². The van der Waals surface area contributed by atoms with E-state index in [1.165, 1.54) is 83.2 Å². The molecule has 0 aliphatic heterocycles. The summed E-state index contributed by atoms with van der Waals surface area (Å²) < 4.78 is 0. The Morgan fingerprint density at radius 2 is 0.696 bits per heavy atom. The molecule has 0 aromatic heterocycles. The van der Waals surface area contributed by atoms with Gasteiger partial charge in [-0.2, -0.15) is 0 Å². The molecule has 0 saturated carbocycles. The van der Waals surface area contributed by atoms with Crippen molar-refractivity contribution in [3.05, 3.63) is 223 Å². The number of nitrogens with zero attached hydrogens (tertiary/aromatic N) is 1. The zero-order chi connectivity index (χ0) is 37.6. The molecule has 0 bridgehead atoms. The first kappa shape index (κ1) is 33.6. The van der Waals surface area contributed by atoms with Gasteiger partial charge in [0.15, 0.2) is 0 Å². The Hall–Kier alpha value is -6.96. The average Bonchev–Trinajstić information content (AvgIpc) is 3.50. The molecule has 1 heteroatoms. The Bertz CT molecular complexity index is 2740. The van der Waals surface area contributed by atoms with Crippen molar-refractivity contribution in [3.8, 4) is 55.6 Å². The summed E-state index contributed by atoms with van der Waals surface area (Å²) in [5.74, 6) is 0. The lowest BCUT2D eigenvalue weighted by Gasteiger charge is -2.30. The fourth-order valence-corrected chi connectivity index (χ4v) is 8.71. The first-order valence-corrected chi connectivity index (χ1v) is 19.5. The number of rotatable bonds is 7. The van der Waals surface area contributed by atoms with Gasteiger partial charge in [-0.15, -0.1) is 0 Å². The van der Waals surface area contributed by atoms with Gasteiger partial charge in [-0.1, -0.05) is 190 Å². The highest BCUT2D eigenvalue weighted by Gasteiger charge is 2.38. The van der Waals surface area contributed by atoms with Crippen molar-refractivity contribution in [2.45, 2.75) is 19.3 Å². The molecule has 9 aromatic carbocycles. The SMILES string of the molecule is CC1(C)c2cc(-c3ccc(-c4ccccc4)cc3)ccc2-c2c1cc(N(c1ccc(-c3ccccc3)cc1)c1ccc(-c3ccccc3)cc1)c1ccccc21. The fraction of sp³-hybridized carbons (Fsp3) is 0.0545. The number of benzene rings is 9. The predicted molar refractivity (Wildman–Crippen MR) is 238 cm³/mol. The minimum atomic E-state index is -0.219. The van der Waals surface area contributed by atoms with Crippen LogP contribution >= 0.6 is 0 Å². The second-order valence-corrected chi connectivity index (χ2v) is 15.4. The first-order chi connectivity index (χ1) is 27.5. The first-order valence-electron chi connectivity index (χ1n) is 19.5. The van der Waals surface area contributed by atoms with Crippen molar-refractivity contribution in [1.82, 2.24) is 0 Å². The molecule has 9 aromatic rings. The van der Waals surface area contributed by atoms with Crippen LogP contribution in [0.4, 0.5) is 17.1 Å². The summed E-state index contributed by atoms with van der Waals surface area (Å²) in [6, 6.07) is 77.5. The molecule has 266 valence electrons. The van der Waals surface area contributed by atoms with Crippen LogP contribution in [0, 0.1) is 0 Å². The van der Waals surface area contributed by atoms with E-state index in [0.717, 1.165) is 11.4 Å². The molecule has 10 rings (SSSR count). The lowest BCUT2D eigenvalue weighted by molar-refractivity contribution is 0.661. The quantitative estimate of drug-likeness (QED) is 0.159. The molecule has 56 heavy (non-hydrogen) atoms. The fourth-order valence-electron chi connectivity index (χ4n) is 8.71. The van der Waals surface area contributed by atoms with Gasteiger partial charge in [-0.05, 0) is 109 Å². The van der Waals surface area contributed by atoms with Crippen molar-refractivity contribution < 1.29 is 0 Å². The largest absolute Gasteiger partial charge is 0.310 e. The summed E-state index contributed by atoms with van der Waals surface area (Å²) in [5, 5.41) is 2.51. The van der Waals surface area contributed by atoms with E-state index < -0.39 is 0 Å². The van der Waals surface area contributed by atoms with Crippen LogP contribution in [0.2, 0.25) is 0 Å². The third kappa shape index (κ3) is 5.81. The van der Waals surface area contributed by atoms with Gasteiger partial charge < -0.3 is 4.90 Å². The van der Waals surface area contributed by atoms with Crippen LogP contribution in [0.3, 0.4) is 0 Å². The van der Waals surface area contributed by atoms with Crippen LogP contribution in [-0.4, -0.2) is 0 Å². The zero-order valence-electron chi connectivity index (χ0n) is 31.7. The molecule has 0 fully saturated rings. The zero-order valence-corrected chi connectivity index (χ0v) is 31.7. The number of fused-ring (bicyclic) bond motifs is 5. The number of hydrogen-bond donors (Lipinski definition) is 0. The van der Waals surface area contributed by atoms with E-state index in [2.05, 4.69) is 231 Å². The molecule has 1 aliphatic carbocycles. The molecule has 1 aliphatic rings. The van der Waals surface area contributed by atoms with E-state index in [-0.39, 0.29) is 5.41 Å². The Labute approximate surface area is 329 Å². The van der Waals surface area contributed by atoms with Gasteiger partial charge in [0.2, 0.25) is 0 Å². The van der Waals surface area contributed by atoms with Gasteiger partial charge in [-0.3, -0.25) is 0 Å². The minimum absolute atomic E-state index is 0.219. The van der Waals surface area contributed by atoms with E-state index in [4.69, 9.17) is 0 Å². The summed E-state index contributed by atoms with van der Waals surface area (Å²) in [4.78, 5) is 2.45. The lowest BCUT2D eigenvalue weighted by atomic mass is 9.81. The monoisotopic (exact) mass is 715 g/mol. The third-order valence-electron chi connectivity index (χ3n) is 11.7. The molecule has 0 saturated heterocycles. The van der Waals surface area contributed by atoms with Crippen LogP contribution in [0.15, 0.2) is 212 Å². The van der Waals surface area contributed by atoms with Gasteiger partial charge in [0.05, 0.1) is 5.69 Å². The molecule has 1 nitrogen and oxygen atoms in total. The molecule has 0 radical (unpaired) electrons. The van der Waals surface area contributed by atoms with Crippen molar-refractivity contribution in [2.24, 2.45) is 0 Å². The normalized spacial score (nSPS) is 12.6. The maximum atomic E-state index is 2.47. The van der Waals surface area contributed by atoms with Crippen LogP contribution in [0.25, 0.3) is 66.4 Å². The Balaban J connectivity index is 1.11. The van der Waals surface area contributed by atoms with Crippen LogP contribution in [0.5, 0.6) is 0 Å². The Morgan fingerprint density at radius 3 is 1.18 bits per heavy atom. The summed E-state index contributed by atoms with van der Waals surface area (Å²) in [5.41, 5.74) is 18.4. The highest BCUT2D eigenvalue weighted by molar-refractivity contribution is 6.10. The van der Waals surface area contributed by atoms with Crippen molar-refractivity contribution >= 4 is 27.8 Å². The summed E-state index contributed by atoms with van der Waals surface area (Å²) in [6.07, 6.45) is 0. The maximum Gasteiger partial charge on any atom is 0.0543 e. The summed E-state index contributed by atoms with van der Waals surface area (Å²) >= 11 is 0. The minimum Gasteiger partial charge on any atom is -0.310 e. The van der Waals surface area contributed by atoms with E-state index in [9.17, 15) is 0 Å². The molecular weight excluding hydrogens is 675 g/mol. The number of hydrogen-bond acceptors (Lipinski definition) is 1. The van der Waals surface area contributed by atoms with Crippen molar-refractivity contribution in [1.29, 1.82) is 0 Å². The topological polar surface area (TPSA) is 3.24 Å². The average molecular weight is 716 g/mol. The lowest BCUT2D eigenvalue weighted by Crippen LogP contribution is -2.17. The highest BCUT2D eigenvalue weighted by atomic mass is 15.1.